The maximum atomic E-state index is 9.04. The SMILES string of the molecule is Cc1nc2ccc(C3CC3(C)C#N)cc2[nH]1. The van der Waals surface area contributed by atoms with Crippen LogP contribution in [0.3, 0.4) is 0 Å². The Morgan fingerprint density at radius 3 is 3.06 bits per heavy atom. The molecule has 80 valence electrons. The van der Waals surface area contributed by atoms with Crippen LogP contribution < -0.4 is 0 Å². The molecule has 3 nitrogen and oxygen atoms in total. The molecule has 1 heterocycles. The molecule has 1 saturated carbocycles. The van der Waals surface area contributed by atoms with Gasteiger partial charge in [-0.05, 0) is 38.0 Å². The summed E-state index contributed by atoms with van der Waals surface area (Å²) in [6.07, 6.45) is 0.974. The molecule has 0 radical (unpaired) electrons. The fourth-order valence-corrected chi connectivity index (χ4v) is 2.35. The second kappa shape index (κ2) is 2.85. The van der Waals surface area contributed by atoms with E-state index >= 15 is 0 Å². The maximum absolute atomic E-state index is 9.04. The van der Waals surface area contributed by atoms with Crippen molar-refractivity contribution in [2.45, 2.75) is 26.2 Å². The molecule has 1 fully saturated rings. The highest BCUT2D eigenvalue weighted by molar-refractivity contribution is 5.76. The predicted octanol–water partition coefficient (Wildman–Crippen LogP) is 2.89. The molecule has 2 unspecified atom stereocenters. The lowest BCUT2D eigenvalue weighted by molar-refractivity contribution is 0.727. The van der Waals surface area contributed by atoms with Gasteiger partial charge in [0.2, 0.25) is 0 Å². The molecule has 2 atom stereocenters. The summed E-state index contributed by atoms with van der Waals surface area (Å²) in [6, 6.07) is 8.64. The number of H-pyrrole nitrogens is 1. The van der Waals surface area contributed by atoms with Crippen molar-refractivity contribution in [1.82, 2.24) is 9.97 Å². The van der Waals surface area contributed by atoms with Crippen molar-refractivity contribution in [2.75, 3.05) is 0 Å². The molecule has 3 rings (SSSR count). The van der Waals surface area contributed by atoms with Gasteiger partial charge in [-0.1, -0.05) is 6.07 Å². The minimum Gasteiger partial charge on any atom is -0.342 e. The van der Waals surface area contributed by atoms with Gasteiger partial charge < -0.3 is 4.98 Å². The zero-order valence-electron chi connectivity index (χ0n) is 9.41. The summed E-state index contributed by atoms with van der Waals surface area (Å²) in [4.78, 5) is 7.60. The number of hydrogen-bond donors (Lipinski definition) is 1. The first-order valence-corrected chi connectivity index (χ1v) is 5.50. The molecule has 0 aliphatic heterocycles. The summed E-state index contributed by atoms with van der Waals surface area (Å²) in [6.45, 7) is 3.98. The van der Waals surface area contributed by atoms with Crippen LogP contribution in [0.2, 0.25) is 0 Å². The number of aromatic amines is 1. The van der Waals surface area contributed by atoms with E-state index in [2.05, 4.69) is 28.2 Å². The monoisotopic (exact) mass is 211 g/mol. The van der Waals surface area contributed by atoms with Crippen LogP contribution in [0.1, 0.15) is 30.7 Å². The van der Waals surface area contributed by atoms with Crippen LogP contribution in [0.15, 0.2) is 18.2 Å². The molecule has 3 heteroatoms. The molecule has 0 spiro atoms. The summed E-state index contributed by atoms with van der Waals surface area (Å²) < 4.78 is 0. The van der Waals surface area contributed by atoms with Crippen LogP contribution in [-0.4, -0.2) is 9.97 Å². The summed E-state index contributed by atoms with van der Waals surface area (Å²) in [5.41, 5.74) is 3.17. The van der Waals surface area contributed by atoms with Gasteiger partial charge >= 0.3 is 0 Å². The minimum atomic E-state index is -0.150. The van der Waals surface area contributed by atoms with Gasteiger partial charge in [-0.25, -0.2) is 4.98 Å². The second-order valence-electron chi connectivity index (χ2n) is 4.88. The molecule has 0 bridgehead atoms. The number of nitrogens with one attached hydrogen (secondary N) is 1. The molecule has 16 heavy (non-hydrogen) atoms. The molecular weight excluding hydrogens is 198 g/mol. The van der Waals surface area contributed by atoms with Gasteiger partial charge in [0.25, 0.3) is 0 Å². The van der Waals surface area contributed by atoms with E-state index in [9.17, 15) is 0 Å². The number of nitriles is 1. The quantitative estimate of drug-likeness (QED) is 0.788. The molecule has 2 aromatic rings. The van der Waals surface area contributed by atoms with Crippen molar-refractivity contribution in [3.8, 4) is 6.07 Å². The van der Waals surface area contributed by atoms with Crippen LogP contribution in [0, 0.1) is 23.7 Å². The molecule has 0 amide bonds. The largest absolute Gasteiger partial charge is 0.342 e. The van der Waals surface area contributed by atoms with E-state index < -0.39 is 0 Å². The van der Waals surface area contributed by atoms with Crippen LogP contribution in [0.4, 0.5) is 0 Å². The van der Waals surface area contributed by atoms with E-state index in [0.717, 1.165) is 23.3 Å². The van der Waals surface area contributed by atoms with Gasteiger partial charge in [0.15, 0.2) is 0 Å². The van der Waals surface area contributed by atoms with E-state index in [1.165, 1.54) is 5.56 Å². The summed E-state index contributed by atoms with van der Waals surface area (Å²) in [7, 11) is 0. The molecule has 1 N–H and O–H groups in total. The zero-order valence-corrected chi connectivity index (χ0v) is 9.41. The number of rotatable bonds is 1. The van der Waals surface area contributed by atoms with E-state index in [4.69, 9.17) is 5.26 Å². The maximum Gasteiger partial charge on any atom is 0.104 e. The Kier molecular flexibility index (Phi) is 1.68. The van der Waals surface area contributed by atoms with Gasteiger partial charge in [0.05, 0.1) is 22.5 Å². The first-order chi connectivity index (χ1) is 7.62. The average molecular weight is 211 g/mol. The van der Waals surface area contributed by atoms with Crippen molar-refractivity contribution in [1.29, 1.82) is 5.26 Å². The molecule has 1 aromatic heterocycles. The molecule has 1 aromatic carbocycles. The van der Waals surface area contributed by atoms with Crippen LogP contribution in [0.5, 0.6) is 0 Å². The standard InChI is InChI=1S/C13H13N3/c1-8-15-11-4-3-9(5-12(11)16-8)10-6-13(10,2)7-14/h3-5,10H,6H2,1-2H3,(H,15,16). The number of benzene rings is 1. The second-order valence-corrected chi connectivity index (χ2v) is 4.88. The lowest BCUT2D eigenvalue weighted by atomic mass is 10.0. The van der Waals surface area contributed by atoms with E-state index in [1.54, 1.807) is 0 Å². The van der Waals surface area contributed by atoms with Gasteiger partial charge in [0, 0.05) is 5.92 Å². The third kappa shape index (κ3) is 1.23. The lowest BCUT2D eigenvalue weighted by Gasteiger charge is -2.01. The Labute approximate surface area is 94.1 Å². The van der Waals surface area contributed by atoms with Gasteiger partial charge in [-0.15, -0.1) is 0 Å². The minimum absolute atomic E-state index is 0.150. The van der Waals surface area contributed by atoms with Crippen molar-refractivity contribution < 1.29 is 0 Å². The Balaban J connectivity index is 2.04. The number of imidazole rings is 1. The van der Waals surface area contributed by atoms with E-state index in [0.29, 0.717) is 5.92 Å². The Morgan fingerprint density at radius 2 is 2.38 bits per heavy atom. The Hall–Kier alpha value is -1.82. The number of fused-ring (bicyclic) bond motifs is 1. The highest BCUT2D eigenvalue weighted by Gasteiger charge is 2.51. The van der Waals surface area contributed by atoms with Crippen LogP contribution in [-0.2, 0) is 0 Å². The fraction of sp³-hybridized carbons (Fsp3) is 0.385. The van der Waals surface area contributed by atoms with Gasteiger partial charge in [0.1, 0.15) is 5.82 Å². The summed E-state index contributed by atoms with van der Waals surface area (Å²) in [5, 5.41) is 9.04. The summed E-state index contributed by atoms with van der Waals surface area (Å²) >= 11 is 0. The molecule has 1 aliphatic rings. The number of aromatic nitrogens is 2. The normalized spacial score (nSPS) is 27.9. The van der Waals surface area contributed by atoms with Crippen molar-refractivity contribution in [3.63, 3.8) is 0 Å². The highest BCUT2D eigenvalue weighted by atomic mass is 14.9. The van der Waals surface area contributed by atoms with Gasteiger partial charge in [-0.3, -0.25) is 0 Å². The van der Waals surface area contributed by atoms with Gasteiger partial charge in [-0.2, -0.15) is 5.26 Å². The smallest absolute Gasteiger partial charge is 0.104 e. The number of nitrogens with zero attached hydrogens (tertiary/aromatic N) is 2. The Bertz CT molecular complexity index is 605. The van der Waals surface area contributed by atoms with Crippen LogP contribution in [0.25, 0.3) is 11.0 Å². The van der Waals surface area contributed by atoms with Crippen molar-refractivity contribution >= 4 is 11.0 Å². The third-order valence-electron chi connectivity index (χ3n) is 3.52. The van der Waals surface area contributed by atoms with E-state index in [-0.39, 0.29) is 5.41 Å². The van der Waals surface area contributed by atoms with Crippen molar-refractivity contribution in [3.05, 3.63) is 29.6 Å². The Morgan fingerprint density at radius 1 is 1.56 bits per heavy atom. The zero-order chi connectivity index (χ0) is 11.3. The highest BCUT2D eigenvalue weighted by Crippen LogP contribution is 2.58. The average Bonchev–Trinajstić information content (AvgIpc) is 2.81. The topological polar surface area (TPSA) is 52.5 Å². The summed E-state index contributed by atoms with van der Waals surface area (Å²) in [5.74, 6) is 1.33. The fourth-order valence-electron chi connectivity index (χ4n) is 2.35. The van der Waals surface area contributed by atoms with Crippen LogP contribution >= 0.6 is 0 Å². The molecule has 1 aliphatic carbocycles. The first-order valence-electron chi connectivity index (χ1n) is 5.50. The predicted molar refractivity (Wildman–Crippen MR) is 61.9 cm³/mol. The molecular formula is C13H13N3. The first kappa shape index (κ1) is 9.41. The molecule has 0 saturated heterocycles. The van der Waals surface area contributed by atoms with E-state index in [1.807, 2.05) is 19.9 Å². The lowest BCUT2D eigenvalue weighted by Crippen LogP contribution is -1.92. The van der Waals surface area contributed by atoms with Crippen molar-refractivity contribution in [2.24, 2.45) is 5.41 Å². The third-order valence-corrected chi connectivity index (χ3v) is 3.52. The number of hydrogen-bond acceptors (Lipinski definition) is 2. The number of aryl methyl sites for hydroxylation is 1.